The summed E-state index contributed by atoms with van der Waals surface area (Å²) in [6.07, 6.45) is 1.58. The zero-order valence-corrected chi connectivity index (χ0v) is 13.4. The van der Waals surface area contributed by atoms with E-state index in [1.165, 1.54) is 11.3 Å². The predicted molar refractivity (Wildman–Crippen MR) is 81.5 cm³/mol. The van der Waals surface area contributed by atoms with Crippen LogP contribution in [0.5, 0.6) is 0 Å². The summed E-state index contributed by atoms with van der Waals surface area (Å²) in [4.78, 5) is 22.4. The summed E-state index contributed by atoms with van der Waals surface area (Å²) in [5.74, 6) is -0.438. The number of hydrogen-bond acceptors (Lipinski definition) is 5. The second-order valence-electron chi connectivity index (χ2n) is 5.31. The summed E-state index contributed by atoms with van der Waals surface area (Å²) in [6, 6.07) is -0.383. The number of aliphatic carboxylic acids is 1. The molecule has 0 radical (unpaired) electrons. The van der Waals surface area contributed by atoms with Crippen molar-refractivity contribution < 1.29 is 14.7 Å². The normalized spacial score (nSPS) is 12.2. The first kappa shape index (κ1) is 17.4. The van der Waals surface area contributed by atoms with Crippen LogP contribution in [0.2, 0.25) is 0 Å². The molecule has 21 heavy (non-hydrogen) atoms. The van der Waals surface area contributed by atoms with Crippen LogP contribution in [-0.2, 0) is 11.2 Å². The van der Waals surface area contributed by atoms with E-state index in [4.69, 9.17) is 5.11 Å². The summed E-state index contributed by atoms with van der Waals surface area (Å²) in [6.45, 7) is 6.41. The molecule has 1 aromatic heterocycles. The minimum Gasteiger partial charge on any atom is -0.481 e. The lowest BCUT2D eigenvalue weighted by Crippen LogP contribution is -2.33. The number of amides is 2. The van der Waals surface area contributed by atoms with Crippen LogP contribution in [0.4, 0.5) is 9.93 Å². The van der Waals surface area contributed by atoms with Gasteiger partial charge in [-0.05, 0) is 11.8 Å². The standard InChI is InChI=1S/C13H22N4O3S/c1-4-9(6-11(18)19)7-14-12(20)15-13-17-16-10(21-13)5-8(2)3/h8-9H,4-7H2,1-3H3,(H,18,19)(H2,14,15,17,20). The lowest BCUT2D eigenvalue weighted by molar-refractivity contribution is -0.138. The predicted octanol–water partition coefficient (Wildman–Crippen LogP) is 2.36. The molecule has 0 fully saturated rings. The number of aromatic nitrogens is 2. The third-order valence-electron chi connectivity index (χ3n) is 2.86. The molecule has 1 heterocycles. The van der Waals surface area contributed by atoms with Gasteiger partial charge in [0.2, 0.25) is 5.13 Å². The number of carbonyl (C=O) groups is 2. The molecule has 0 saturated carbocycles. The molecule has 1 atom stereocenters. The lowest BCUT2D eigenvalue weighted by atomic mass is 10.0. The number of carbonyl (C=O) groups excluding carboxylic acids is 1. The zero-order chi connectivity index (χ0) is 15.8. The van der Waals surface area contributed by atoms with Gasteiger partial charge in [0.05, 0.1) is 0 Å². The highest BCUT2D eigenvalue weighted by Crippen LogP contribution is 2.18. The van der Waals surface area contributed by atoms with Crippen LogP contribution in [-0.4, -0.2) is 33.8 Å². The summed E-state index contributed by atoms with van der Waals surface area (Å²) >= 11 is 1.35. The van der Waals surface area contributed by atoms with Gasteiger partial charge in [-0.15, -0.1) is 10.2 Å². The van der Waals surface area contributed by atoms with Gasteiger partial charge in [0.1, 0.15) is 5.01 Å². The van der Waals surface area contributed by atoms with E-state index < -0.39 is 5.97 Å². The fraction of sp³-hybridized carbons (Fsp3) is 0.692. The smallest absolute Gasteiger partial charge is 0.321 e. The number of carboxylic acids is 1. The number of nitrogens with zero attached hydrogens (tertiary/aromatic N) is 2. The Morgan fingerprint density at radius 1 is 1.33 bits per heavy atom. The molecule has 118 valence electrons. The van der Waals surface area contributed by atoms with Crippen LogP contribution >= 0.6 is 11.3 Å². The zero-order valence-electron chi connectivity index (χ0n) is 12.5. The molecule has 3 N–H and O–H groups in total. The molecule has 0 aliphatic heterocycles. The molecule has 0 spiro atoms. The van der Waals surface area contributed by atoms with Gasteiger partial charge in [-0.2, -0.15) is 0 Å². The summed E-state index contributed by atoms with van der Waals surface area (Å²) < 4.78 is 0. The molecule has 1 rings (SSSR count). The van der Waals surface area contributed by atoms with Crippen molar-refractivity contribution in [3.63, 3.8) is 0 Å². The van der Waals surface area contributed by atoms with E-state index in [9.17, 15) is 9.59 Å². The summed E-state index contributed by atoms with van der Waals surface area (Å²) in [7, 11) is 0. The van der Waals surface area contributed by atoms with Crippen LogP contribution in [0.25, 0.3) is 0 Å². The van der Waals surface area contributed by atoms with Gasteiger partial charge in [0.25, 0.3) is 0 Å². The molecule has 0 saturated heterocycles. The fourth-order valence-corrected chi connectivity index (χ4v) is 2.67. The van der Waals surface area contributed by atoms with Gasteiger partial charge in [-0.3, -0.25) is 10.1 Å². The first-order chi connectivity index (χ1) is 9.90. The molecule has 0 aliphatic carbocycles. The maximum absolute atomic E-state index is 11.7. The van der Waals surface area contributed by atoms with Crippen molar-refractivity contribution in [2.24, 2.45) is 11.8 Å². The van der Waals surface area contributed by atoms with Gasteiger partial charge in [0.15, 0.2) is 0 Å². The van der Waals surface area contributed by atoms with E-state index in [0.717, 1.165) is 11.4 Å². The maximum Gasteiger partial charge on any atom is 0.321 e. The number of urea groups is 1. The van der Waals surface area contributed by atoms with E-state index in [1.807, 2.05) is 6.92 Å². The van der Waals surface area contributed by atoms with Crippen molar-refractivity contribution in [2.75, 3.05) is 11.9 Å². The number of anilines is 1. The lowest BCUT2D eigenvalue weighted by Gasteiger charge is -2.13. The van der Waals surface area contributed by atoms with Crippen LogP contribution < -0.4 is 10.6 Å². The Hall–Kier alpha value is -1.70. The molecule has 8 heteroatoms. The van der Waals surface area contributed by atoms with Crippen LogP contribution in [0.15, 0.2) is 0 Å². The van der Waals surface area contributed by atoms with Gasteiger partial charge >= 0.3 is 12.0 Å². The summed E-state index contributed by atoms with van der Waals surface area (Å²) in [5.41, 5.74) is 0. The first-order valence-corrected chi connectivity index (χ1v) is 7.81. The van der Waals surface area contributed by atoms with Crippen molar-refractivity contribution in [2.45, 2.75) is 40.0 Å². The van der Waals surface area contributed by atoms with Crippen LogP contribution in [0.1, 0.15) is 38.6 Å². The molecule has 0 aliphatic rings. The van der Waals surface area contributed by atoms with E-state index in [2.05, 4.69) is 34.7 Å². The number of hydrogen-bond donors (Lipinski definition) is 3. The highest BCUT2D eigenvalue weighted by atomic mass is 32.1. The van der Waals surface area contributed by atoms with E-state index in [1.54, 1.807) is 0 Å². The van der Waals surface area contributed by atoms with Crippen molar-refractivity contribution in [1.82, 2.24) is 15.5 Å². The molecule has 2 amide bonds. The molecular weight excluding hydrogens is 292 g/mol. The molecule has 1 aromatic rings. The Morgan fingerprint density at radius 3 is 2.62 bits per heavy atom. The average molecular weight is 314 g/mol. The number of nitrogens with one attached hydrogen (secondary N) is 2. The monoisotopic (exact) mass is 314 g/mol. The van der Waals surface area contributed by atoms with Crippen molar-refractivity contribution in [3.8, 4) is 0 Å². The topological polar surface area (TPSA) is 104 Å². The highest BCUT2D eigenvalue weighted by Gasteiger charge is 2.13. The Bertz CT molecular complexity index is 476. The van der Waals surface area contributed by atoms with Crippen molar-refractivity contribution >= 4 is 28.5 Å². The third-order valence-corrected chi connectivity index (χ3v) is 3.72. The van der Waals surface area contributed by atoms with E-state index in [0.29, 0.717) is 24.0 Å². The van der Waals surface area contributed by atoms with Gasteiger partial charge < -0.3 is 10.4 Å². The van der Waals surface area contributed by atoms with Crippen LogP contribution in [0.3, 0.4) is 0 Å². The fourth-order valence-electron chi connectivity index (χ4n) is 1.72. The molecule has 7 nitrogen and oxygen atoms in total. The molecule has 0 aromatic carbocycles. The second-order valence-corrected chi connectivity index (χ2v) is 6.37. The Morgan fingerprint density at radius 2 is 2.05 bits per heavy atom. The third kappa shape index (κ3) is 7.03. The van der Waals surface area contributed by atoms with Crippen molar-refractivity contribution in [3.05, 3.63) is 5.01 Å². The Balaban J connectivity index is 2.39. The minimum atomic E-state index is -0.855. The molecule has 1 unspecified atom stereocenters. The quantitative estimate of drug-likeness (QED) is 0.683. The van der Waals surface area contributed by atoms with Crippen molar-refractivity contribution in [1.29, 1.82) is 0 Å². The van der Waals surface area contributed by atoms with Crippen LogP contribution in [0, 0.1) is 11.8 Å². The van der Waals surface area contributed by atoms with Gasteiger partial charge in [-0.1, -0.05) is 38.5 Å². The largest absolute Gasteiger partial charge is 0.481 e. The van der Waals surface area contributed by atoms with E-state index in [-0.39, 0.29) is 18.4 Å². The number of carboxylic acid groups (broad SMARTS) is 1. The SMILES string of the molecule is CCC(CNC(=O)Nc1nnc(CC(C)C)s1)CC(=O)O. The maximum atomic E-state index is 11.7. The summed E-state index contributed by atoms with van der Waals surface area (Å²) in [5, 5.41) is 23.3. The average Bonchev–Trinajstić information content (AvgIpc) is 2.80. The first-order valence-electron chi connectivity index (χ1n) is 6.99. The Labute approximate surface area is 128 Å². The van der Waals surface area contributed by atoms with Gasteiger partial charge in [-0.25, -0.2) is 4.79 Å². The highest BCUT2D eigenvalue weighted by molar-refractivity contribution is 7.15. The second kappa shape index (κ2) is 8.56. The minimum absolute atomic E-state index is 0.0497. The van der Waals surface area contributed by atoms with E-state index >= 15 is 0 Å². The molecule has 0 bridgehead atoms. The number of rotatable bonds is 8. The van der Waals surface area contributed by atoms with Gasteiger partial charge in [0, 0.05) is 19.4 Å². The molecular formula is C13H22N4O3S. The Kier molecular flexibility index (Phi) is 7.07.